The Morgan fingerprint density at radius 2 is 2.03 bits per heavy atom. The van der Waals surface area contributed by atoms with E-state index in [9.17, 15) is 13.9 Å². The van der Waals surface area contributed by atoms with Crippen LogP contribution in [0.4, 0.5) is 20.3 Å². The van der Waals surface area contributed by atoms with Crippen molar-refractivity contribution in [2.24, 2.45) is 11.0 Å². The number of nitrogens with zero attached hydrogens (tertiary/aromatic N) is 3. The molecular formula is C27H37F2N5O3S. The molecule has 38 heavy (non-hydrogen) atoms. The van der Waals surface area contributed by atoms with Gasteiger partial charge < -0.3 is 20.3 Å². The fourth-order valence-corrected chi connectivity index (χ4v) is 5.91. The minimum atomic E-state index is -0.855. The van der Waals surface area contributed by atoms with Gasteiger partial charge in [0.15, 0.2) is 22.6 Å². The summed E-state index contributed by atoms with van der Waals surface area (Å²) in [4.78, 5) is 9.37. The number of benzene rings is 1. The Labute approximate surface area is 226 Å². The van der Waals surface area contributed by atoms with Gasteiger partial charge in [-0.25, -0.2) is 24.3 Å². The maximum atomic E-state index is 13.7. The van der Waals surface area contributed by atoms with Crippen molar-refractivity contribution >= 4 is 23.3 Å². The van der Waals surface area contributed by atoms with Crippen LogP contribution >= 0.6 is 11.8 Å². The smallest absolute Gasteiger partial charge is 0.189 e. The average molecular weight is 550 g/mol. The summed E-state index contributed by atoms with van der Waals surface area (Å²) in [7, 11) is 0. The van der Waals surface area contributed by atoms with Crippen LogP contribution in [0.2, 0.25) is 0 Å². The molecule has 208 valence electrons. The van der Waals surface area contributed by atoms with Crippen molar-refractivity contribution in [3.8, 4) is 0 Å². The van der Waals surface area contributed by atoms with Crippen molar-refractivity contribution in [2.75, 3.05) is 24.3 Å². The lowest BCUT2D eigenvalue weighted by atomic mass is 9.99. The second kappa shape index (κ2) is 13.7. The van der Waals surface area contributed by atoms with E-state index in [-0.39, 0.29) is 31.3 Å². The zero-order valence-electron chi connectivity index (χ0n) is 21.7. The summed E-state index contributed by atoms with van der Waals surface area (Å²) < 4.78 is 32.6. The SMILES string of the molecule is CCCSc1nc(CCCCC2C[C@@H](O)[C@H](OCCO)C2)c(N=N)c(N[C@@H]2C[C@H]2c2ccc(F)c(F)c2)n1. The molecule has 0 bridgehead atoms. The molecule has 0 spiro atoms. The minimum absolute atomic E-state index is 0.00179. The van der Waals surface area contributed by atoms with Crippen LogP contribution in [0, 0.1) is 23.1 Å². The molecule has 0 saturated heterocycles. The highest BCUT2D eigenvalue weighted by atomic mass is 32.2. The number of nitrogens with one attached hydrogen (secondary N) is 2. The molecule has 1 aromatic carbocycles. The van der Waals surface area contributed by atoms with Crippen molar-refractivity contribution < 1.29 is 23.7 Å². The minimum Gasteiger partial charge on any atom is -0.394 e. The van der Waals surface area contributed by atoms with Crippen molar-refractivity contribution in [1.82, 2.24) is 9.97 Å². The quantitative estimate of drug-likeness (QED) is 0.0965. The lowest BCUT2D eigenvalue weighted by Crippen LogP contribution is -2.23. The molecule has 0 aliphatic heterocycles. The number of anilines is 1. The predicted octanol–water partition coefficient (Wildman–Crippen LogP) is 5.75. The van der Waals surface area contributed by atoms with Crippen LogP contribution in [0.25, 0.3) is 0 Å². The Balaban J connectivity index is 1.38. The van der Waals surface area contributed by atoms with Gasteiger partial charge in [-0.05, 0) is 62.1 Å². The number of ether oxygens (including phenoxy) is 1. The normalized spacial score (nSPS) is 24.5. The summed E-state index contributed by atoms with van der Waals surface area (Å²) in [6.45, 7) is 2.30. The van der Waals surface area contributed by atoms with Crippen LogP contribution in [0.1, 0.15) is 69.0 Å². The van der Waals surface area contributed by atoms with E-state index in [0.29, 0.717) is 35.4 Å². The first kappa shape index (κ1) is 28.8. The van der Waals surface area contributed by atoms with Crippen molar-refractivity contribution in [1.29, 1.82) is 5.53 Å². The second-order valence-corrected chi connectivity index (χ2v) is 11.2. The van der Waals surface area contributed by atoms with E-state index in [2.05, 4.69) is 22.3 Å². The third kappa shape index (κ3) is 7.46. The third-order valence-corrected chi connectivity index (χ3v) is 8.29. The first-order valence-corrected chi connectivity index (χ1v) is 14.4. The summed E-state index contributed by atoms with van der Waals surface area (Å²) in [6, 6.07) is 4.01. The van der Waals surface area contributed by atoms with Gasteiger partial charge in [0.1, 0.15) is 5.69 Å². The van der Waals surface area contributed by atoms with E-state index in [1.807, 2.05) is 0 Å². The molecule has 2 aliphatic rings. The summed E-state index contributed by atoms with van der Waals surface area (Å²) in [5.41, 5.74) is 9.73. The van der Waals surface area contributed by atoms with Crippen LogP contribution < -0.4 is 5.32 Å². The Morgan fingerprint density at radius 3 is 2.76 bits per heavy atom. The monoisotopic (exact) mass is 549 g/mol. The standard InChI is InChI=1S/C27H37F2N5O3S/c1-2-11-38-27-32-21(6-4-3-5-16-12-23(36)24(13-16)37-10-9-35)25(34-30)26(33-27)31-22-15-18(22)17-7-8-19(28)20(29)14-17/h7-8,14,16,18,22-24,30,35-36H,2-6,9-13,15H2,1H3,(H,31,32,33)/t16?,18-,22+,23+,24+/m0/s1. The molecule has 2 aliphatic carbocycles. The van der Waals surface area contributed by atoms with E-state index in [1.54, 1.807) is 17.8 Å². The third-order valence-electron chi connectivity index (χ3n) is 7.24. The Morgan fingerprint density at radius 1 is 1.18 bits per heavy atom. The van der Waals surface area contributed by atoms with Crippen molar-refractivity contribution in [3.05, 3.63) is 41.1 Å². The Hall–Kier alpha value is -2.21. The molecule has 2 fully saturated rings. The first-order chi connectivity index (χ1) is 18.4. The van der Waals surface area contributed by atoms with Crippen LogP contribution in [-0.2, 0) is 11.2 Å². The van der Waals surface area contributed by atoms with Gasteiger partial charge in [0.2, 0.25) is 0 Å². The maximum absolute atomic E-state index is 13.7. The molecule has 1 unspecified atom stereocenters. The number of hydrogen-bond acceptors (Lipinski definition) is 9. The number of unbranched alkanes of at least 4 members (excludes halogenated alkanes) is 1. The van der Waals surface area contributed by atoms with Crippen molar-refractivity contribution in [2.45, 2.75) is 87.6 Å². The fourth-order valence-electron chi connectivity index (χ4n) is 5.19. The highest BCUT2D eigenvalue weighted by Gasteiger charge is 2.40. The van der Waals surface area contributed by atoms with Gasteiger partial charge in [0.25, 0.3) is 0 Å². The Kier molecular flexibility index (Phi) is 10.4. The van der Waals surface area contributed by atoms with Gasteiger partial charge in [0.05, 0.1) is 31.1 Å². The van der Waals surface area contributed by atoms with Gasteiger partial charge in [-0.15, -0.1) is 0 Å². The lowest BCUT2D eigenvalue weighted by molar-refractivity contribution is -0.0303. The molecule has 4 rings (SSSR count). The first-order valence-electron chi connectivity index (χ1n) is 13.5. The molecule has 5 atom stereocenters. The molecular weight excluding hydrogens is 512 g/mol. The number of aromatic nitrogens is 2. The number of aryl methyl sites for hydroxylation is 1. The topological polar surface area (TPSA) is 124 Å². The summed E-state index contributed by atoms with van der Waals surface area (Å²) in [6.07, 6.45) is 6.01. The molecule has 1 heterocycles. The van der Waals surface area contributed by atoms with Crippen molar-refractivity contribution in [3.63, 3.8) is 0 Å². The maximum Gasteiger partial charge on any atom is 0.189 e. The van der Waals surface area contributed by atoms with Crippen LogP contribution in [0.5, 0.6) is 0 Å². The van der Waals surface area contributed by atoms with E-state index in [4.69, 9.17) is 20.4 Å². The predicted molar refractivity (Wildman–Crippen MR) is 142 cm³/mol. The molecule has 8 nitrogen and oxygen atoms in total. The van der Waals surface area contributed by atoms with E-state index in [1.165, 1.54) is 6.07 Å². The number of thioether (sulfide) groups is 1. The van der Waals surface area contributed by atoms with Crippen LogP contribution in [0.15, 0.2) is 28.5 Å². The van der Waals surface area contributed by atoms with Crippen LogP contribution in [0.3, 0.4) is 0 Å². The molecule has 4 N–H and O–H groups in total. The largest absolute Gasteiger partial charge is 0.394 e. The lowest BCUT2D eigenvalue weighted by Gasteiger charge is -2.14. The Bertz CT molecular complexity index is 1090. The van der Waals surface area contributed by atoms with Gasteiger partial charge in [0, 0.05) is 17.7 Å². The highest BCUT2D eigenvalue weighted by molar-refractivity contribution is 7.99. The number of halogens is 2. The molecule has 11 heteroatoms. The molecule has 2 saturated carbocycles. The molecule has 0 amide bonds. The number of rotatable bonds is 15. The van der Waals surface area contributed by atoms with E-state index in [0.717, 1.165) is 61.6 Å². The average Bonchev–Trinajstić information content (AvgIpc) is 3.58. The zero-order chi connectivity index (χ0) is 27.1. The second-order valence-electron chi connectivity index (χ2n) is 10.2. The molecule has 1 aromatic heterocycles. The fraction of sp³-hybridized carbons (Fsp3) is 0.630. The zero-order valence-corrected chi connectivity index (χ0v) is 22.5. The van der Waals surface area contributed by atoms with Crippen LogP contribution in [-0.4, -0.2) is 57.4 Å². The van der Waals surface area contributed by atoms with E-state index >= 15 is 0 Å². The van der Waals surface area contributed by atoms with Gasteiger partial charge in [-0.2, -0.15) is 5.11 Å². The number of aliphatic hydroxyl groups excluding tert-OH is 2. The number of aliphatic hydroxyl groups is 2. The molecule has 2 aromatic rings. The van der Waals surface area contributed by atoms with Gasteiger partial charge >= 0.3 is 0 Å². The van der Waals surface area contributed by atoms with Gasteiger partial charge in [-0.1, -0.05) is 37.6 Å². The van der Waals surface area contributed by atoms with Gasteiger partial charge in [-0.3, -0.25) is 0 Å². The summed E-state index contributed by atoms with van der Waals surface area (Å²) in [5, 5.41) is 27.0. The number of hydrogen-bond donors (Lipinski definition) is 4. The molecule has 0 radical (unpaired) electrons. The van der Waals surface area contributed by atoms with E-state index < -0.39 is 17.7 Å². The highest BCUT2D eigenvalue weighted by Crippen LogP contribution is 2.44. The summed E-state index contributed by atoms with van der Waals surface area (Å²) in [5.74, 6) is 0.113. The summed E-state index contributed by atoms with van der Waals surface area (Å²) >= 11 is 1.57.